The summed E-state index contributed by atoms with van der Waals surface area (Å²) in [6.07, 6.45) is 2.62. The number of rotatable bonds is 1. The fourth-order valence-electron chi connectivity index (χ4n) is 2.84. The molecule has 4 atom stereocenters. The number of hydrogen-bond donors (Lipinski definition) is 1. The third-order valence-corrected chi connectivity index (χ3v) is 3.58. The molecule has 3 heteroatoms. The molecule has 1 aromatic carbocycles. The topological polar surface area (TPSA) is 35.2 Å². The van der Waals surface area contributed by atoms with Crippen LogP contribution in [0.1, 0.15) is 24.3 Å². The molecule has 2 saturated heterocycles. The molecule has 1 aromatic rings. The van der Waals surface area contributed by atoms with Crippen molar-refractivity contribution in [1.82, 2.24) is 0 Å². The van der Waals surface area contributed by atoms with Gasteiger partial charge in [-0.05, 0) is 30.5 Å². The molecule has 0 aromatic heterocycles. The normalized spacial score (nSPS) is 38.5. The zero-order chi connectivity index (χ0) is 10.4. The second-order valence-corrected chi connectivity index (χ2v) is 4.45. The average molecular weight is 207 g/mol. The van der Waals surface area contributed by atoms with Gasteiger partial charge in [0.05, 0.1) is 12.2 Å². The summed E-state index contributed by atoms with van der Waals surface area (Å²) in [6.45, 7) is 0. The summed E-state index contributed by atoms with van der Waals surface area (Å²) in [6, 6.07) is 6.71. The van der Waals surface area contributed by atoms with E-state index in [0.29, 0.717) is 0 Å². The predicted molar refractivity (Wildman–Crippen MR) is 55.0 cm³/mol. The lowest BCUT2D eigenvalue weighted by molar-refractivity contribution is 0.0976. The summed E-state index contributed by atoms with van der Waals surface area (Å²) in [5.74, 6) is 0.0562. The van der Waals surface area contributed by atoms with Crippen LogP contribution in [0.3, 0.4) is 0 Å². The van der Waals surface area contributed by atoms with Crippen LogP contribution in [0.2, 0.25) is 0 Å². The number of benzene rings is 1. The fourth-order valence-corrected chi connectivity index (χ4v) is 2.84. The smallest absolute Gasteiger partial charge is 0.123 e. The summed E-state index contributed by atoms with van der Waals surface area (Å²) < 4.78 is 18.6. The van der Waals surface area contributed by atoms with Gasteiger partial charge in [0.25, 0.3) is 0 Å². The molecular formula is C12H14FNO. The van der Waals surface area contributed by atoms with Crippen molar-refractivity contribution in [3.05, 3.63) is 35.6 Å². The van der Waals surface area contributed by atoms with Crippen molar-refractivity contribution < 1.29 is 9.13 Å². The largest absolute Gasteiger partial charge is 0.373 e. The highest BCUT2D eigenvalue weighted by Crippen LogP contribution is 2.43. The lowest BCUT2D eigenvalue weighted by Gasteiger charge is -2.24. The van der Waals surface area contributed by atoms with Gasteiger partial charge < -0.3 is 10.5 Å². The maximum atomic E-state index is 12.8. The molecule has 2 heterocycles. The SMILES string of the molecule is NC1C2CCC(O2)C1c1ccc(F)cc1. The van der Waals surface area contributed by atoms with Gasteiger partial charge in [-0.25, -0.2) is 4.39 Å². The number of hydrogen-bond acceptors (Lipinski definition) is 2. The van der Waals surface area contributed by atoms with Crippen molar-refractivity contribution in [1.29, 1.82) is 0 Å². The summed E-state index contributed by atoms with van der Waals surface area (Å²) in [5.41, 5.74) is 7.22. The first-order valence-electron chi connectivity index (χ1n) is 5.42. The molecule has 4 unspecified atom stereocenters. The van der Waals surface area contributed by atoms with Gasteiger partial charge in [-0.2, -0.15) is 0 Å². The molecular weight excluding hydrogens is 193 g/mol. The maximum absolute atomic E-state index is 12.8. The average Bonchev–Trinajstić information content (AvgIpc) is 2.80. The zero-order valence-corrected chi connectivity index (χ0v) is 8.40. The molecule has 0 amide bonds. The van der Waals surface area contributed by atoms with Crippen molar-refractivity contribution >= 4 is 0 Å². The third-order valence-electron chi connectivity index (χ3n) is 3.58. The van der Waals surface area contributed by atoms with E-state index >= 15 is 0 Å². The zero-order valence-electron chi connectivity index (χ0n) is 8.40. The lowest BCUT2D eigenvalue weighted by atomic mass is 9.80. The van der Waals surface area contributed by atoms with Gasteiger partial charge in [0.1, 0.15) is 5.82 Å². The Morgan fingerprint density at radius 1 is 1.13 bits per heavy atom. The Bertz CT molecular complexity index is 362. The number of halogens is 1. The van der Waals surface area contributed by atoms with Crippen LogP contribution in [0.15, 0.2) is 24.3 Å². The van der Waals surface area contributed by atoms with Crippen molar-refractivity contribution in [2.45, 2.75) is 37.0 Å². The minimum atomic E-state index is -0.198. The van der Waals surface area contributed by atoms with E-state index in [1.165, 1.54) is 12.1 Å². The molecule has 15 heavy (non-hydrogen) atoms. The number of ether oxygens (including phenoxy) is 1. The molecule has 3 rings (SSSR count). The third kappa shape index (κ3) is 1.38. The Kier molecular flexibility index (Phi) is 2.04. The van der Waals surface area contributed by atoms with Crippen LogP contribution in [-0.4, -0.2) is 18.2 Å². The Labute approximate surface area is 88.2 Å². The Morgan fingerprint density at radius 3 is 2.40 bits per heavy atom. The van der Waals surface area contributed by atoms with Crippen LogP contribution in [-0.2, 0) is 4.74 Å². The highest BCUT2D eigenvalue weighted by atomic mass is 19.1. The van der Waals surface area contributed by atoms with E-state index in [4.69, 9.17) is 10.5 Å². The van der Waals surface area contributed by atoms with E-state index < -0.39 is 0 Å². The predicted octanol–water partition coefficient (Wildman–Crippen LogP) is 1.80. The Morgan fingerprint density at radius 2 is 1.80 bits per heavy atom. The first-order valence-corrected chi connectivity index (χ1v) is 5.42. The summed E-state index contributed by atoms with van der Waals surface area (Å²) in [4.78, 5) is 0. The monoisotopic (exact) mass is 207 g/mol. The first kappa shape index (κ1) is 9.31. The minimum absolute atomic E-state index is 0.0780. The van der Waals surface area contributed by atoms with Crippen molar-refractivity contribution in [3.8, 4) is 0 Å². The molecule has 0 aliphatic carbocycles. The summed E-state index contributed by atoms with van der Waals surface area (Å²) in [7, 11) is 0. The van der Waals surface area contributed by atoms with Crippen LogP contribution in [0, 0.1) is 5.82 Å². The van der Waals surface area contributed by atoms with Gasteiger partial charge in [0.15, 0.2) is 0 Å². The molecule has 80 valence electrons. The van der Waals surface area contributed by atoms with Gasteiger partial charge in [0, 0.05) is 12.0 Å². The molecule has 2 bridgehead atoms. The molecule has 2 aliphatic rings. The Balaban J connectivity index is 1.91. The van der Waals surface area contributed by atoms with Crippen molar-refractivity contribution in [3.63, 3.8) is 0 Å². The number of fused-ring (bicyclic) bond motifs is 2. The highest BCUT2D eigenvalue weighted by molar-refractivity contribution is 5.26. The van der Waals surface area contributed by atoms with Crippen LogP contribution in [0.5, 0.6) is 0 Å². The molecule has 0 spiro atoms. The molecule has 0 radical (unpaired) electrons. The molecule has 2 nitrogen and oxygen atoms in total. The van der Waals surface area contributed by atoms with Gasteiger partial charge in [-0.15, -0.1) is 0 Å². The molecule has 0 saturated carbocycles. The van der Waals surface area contributed by atoms with E-state index in [0.717, 1.165) is 18.4 Å². The lowest BCUT2D eigenvalue weighted by Crippen LogP contribution is -2.38. The van der Waals surface area contributed by atoms with Gasteiger partial charge in [0.2, 0.25) is 0 Å². The summed E-state index contributed by atoms with van der Waals surface area (Å²) >= 11 is 0. The van der Waals surface area contributed by atoms with E-state index in [1.807, 2.05) is 12.1 Å². The van der Waals surface area contributed by atoms with Crippen LogP contribution >= 0.6 is 0 Å². The van der Waals surface area contributed by atoms with Gasteiger partial charge in [-0.1, -0.05) is 12.1 Å². The van der Waals surface area contributed by atoms with E-state index in [-0.39, 0.29) is 30.0 Å². The standard InChI is InChI=1S/C12H14FNO/c13-8-3-1-7(2-4-8)11-9-5-6-10(15-9)12(11)14/h1-4,9-12H,5-6,14H2. The van der Waals surface area contributed by atoms with Crippen molar-refractivity contribution in [2.75, 3.05) is 0 Å². The minimum Gasteiger partial charge on any atom is -0.373 e. The quantitative estimate of drug-likeness (QED) is 0.762. The second-order valence-electron chi connectivity index (χ2n) is 4.45. The second kappa shape index (κ2) is 3.29. The molecule has 2 N–H and O–H groups in total. The van der Waals surface area contributed by atoms with Crippen LogP contribution < -0.4 is 5.73 Å². The first-order chi connectivity index (χ1) is 7.25. The fraction of sp³-hybridized carbons (Fsp3) is 0.500. The maximum Gasteiger partial charge on any atom is 0.123 e. The van der Waals surface area contributed by atoms with E-state index in [1.54, 1.807) is 0 Å². The summed E-state index contributed by atoms with van der Waals surface area (Å²) in [5, 5.41) is 0. The molecule has 2 aliphatic heterocycles. The molecule has 2 fully saturated rings. The highest BCUT2D eigenvalue weighted by Gasteiger charge is 2.47. The van der Waals surface area contributed by atoms with Gasteiger partial charge in [-0.3, -0.25) is 0 Å². The van der Waals surface area contributed by atoms with Crippen LogP contribution in [0.4, 0.5) is 4.39 Å². The number of nitrogens with two attached hydrogens (primary N) is 1. The van der Waals surface area contributed by atoms with Crippen LogP contribution in [0.25, 0.3) is 0 Å². The van der Waals surface area contributed by atoms with Gasteiger partial charge >= 0.3 is 0 Å². The van der Waals surface area contributed by atoms with E-state index in [2.05, 4.69) is 0 Å². The van der Waals surface area contributed by atoms with Crippen molar-refractivity contribution in [2.24, 2.45) is 5.73 Å². The van der Waals surface area contributed by atoms with E-state index in [9.17, 15) is 4.39 Å². The Hall–Kier alpha value is -0.930.